The molecule has 0 radical (unpaired) electrons. The Kier molecular flexibility index (Phi) is 10.2. The van der Waals surface area contributed by atoms with Gasteiger partial charge in [-0.15, -0.1) is 89.5 Å². The SMILES string of the molecule is C[Si]1(C)c2ncc[c-]c2-c2nccc3c2c1cc1c2ccccc2ccc31.[Ir+3].[c-]1ccccc1-c1ccccn1.[c-]1ccccc1-c1ccccn1. The standard InChI is InChI=1S/C24H17N2Si.2C11H8N.Ir/c1-27(2)21-14-20-16-7-4-3-6-15(16)9-10-17(20)18-11-13-25-23(22(18)21)19-8-5-12-26-24(19)27;2*1-2-6-10(7-3-1)11-8-4-5-9-12-11;/h3-7,9-14H,1-2H3;2*1-6,8-9H;/q3*-1;+3. The van der Waals surface area contributed by atoms with Gasteiger partial charge in [0, 0.05) is 18.6 Å². The summed E-state index contributed by atoms with van der Waals surface area (Å²) in [5.41, 5.74) is 6.15. The third-order valence-corrected chi connectivity index (χ3v) is 12.6. The Morgan fingerprint density at radius 3 is 1.77 bits per heavy atom. The van der Waals surface area contributed by atoms with E-state index in [9.17, 15) is 0 Å². The van der Waals surface area contributed by atoms with Gasteiger partial charge in [0.2, 0.25) is 0 Å². The number of hydrogen-bond acceptors (Lipinski definition) is 4. The molecule has 0 fully saturated rings. The van der Waals surface area contributed by atoms with Crippen molar-refractivity contribution in [2.75, 3.05) is 0 Å². The Labute approximate surface area is 318 Å². The molecule has 0 unspecified atom stereocenters. The molecule has 1 aliphatic heterocycles. The summed E-state index contributed by atoms with van der Waals surface area (Å²) in [6.45, 7) is 4.79. The number of nitrogens with zero attached hydrogens (tertiary/aromatic N) is 4. The van der Waals surface area contributed by atoms with Crippen LogP contribution in [-0.4, -0.2) is 28.0 Å². The average molecular weight is 862 g/mol. The minimum Gasteiger partial charge on any atom is -0.359 e. The van der Waals surface area contributed by atoms with E-state index in [0.717, 1.165) is 33.8 Å². The third-order valence-electron chi connectivity index (χ3n) is 9.31. The Balaban J connectivity index is 0.000000140. The van der Waals surface area contributed by atoms with Gasteiger partial charge in [0.25, 0.3) is 0 Å². The van der Waals surface area contributed by atoms with Gasteiger partial charge in [-0.25, -0.2) is 0 Å². The second-order valence-corrected chi connectivity index (χ2v) is 17.1. The van der Waals surface area contributed by atoms with Crippen LogP contribution in [0.2, 0.25) is 13.1 Å². The van der Waals surface area contributed by atoms with Crippen LogP contribution in [-0.2, 0) is 20.1 Å². The van der Waals surface area contributed by atoms with Crippen molar-refractivity contribution in [3.8, 4) is 33.8 Å². The van der Waals surface area contributed by atoms with E-state index in [1.54, 1.807) is 12.4 Å². The summed E-state index contributed by atoms with van der Waals surface area (Å²) in [5, 5.41) is 10.4. The van der Waals surface area contributed by atoms with E-state index >= 15 is 0 Å². The summed E-state index contributed by atoms with van der Waals surface area (Å²) in [4.78, 5) is 18.0. The number of pyridine rings is 4. The molecule has 0 spiro atoms. The predicted molar refractivity (Wildman–Crippen MR) is 213 cm³/mol. The van der Waals surface area contributed by atoms with E-state index in [0.29, 0.717) is 0 Å². The summed E-state index contributed by atoms with van der Waals surface area (Å²) in [5.74, 6) is 0. The molecular weight excluding hydrogens is 829 g/mol. The summed E-state index contributed by atoms with van der Waals surface area (Å²) in [6, 6.07) is 56.7. The van der Waals surface area contributed by atoms with Gasteiger partial charge in [0.15, 0.2) is 0 Å². The molecule has 0 saturated carbocycles. The van der Waals surface area contributed by atoms with Crippen LogP contribution in [0.3, 0.4) is 0 Å². The molecule has 4 aromatic heterocycles. The quantitative estimate of drug-likeness (QED) is 0.0988. The van der Waals surface area contributed by atoms with Gasteiger partial charge < -0.3 is 19.9 Å². The summed E-state index contributed by atoms with van der Waals surface area (Å²) in [6.07, 6.45) is 7.38. The van der Waals surface area contributed by atoms with Crippen molar-refractivity contribution < 1.29 is 20.1 Å². The zero-order valence-electron chi connectivity index (χ0n) is 28.7. The number of hydrogen-bond donors (Lipinski definition) is 0. The van der Waals surface area contributed by atoms with Crippen molar-refractivity contribution in [3.63, 3.8) is 0 Å². The molecule has 52 heavy (non-hydrogen) atoms. The van der Waals surface area contributed by atoms with Gasteiger partial charge in [-0.3, -0.25) is 0 Å². The van der Waals surface area contributed by atoms with E-state index in [1.165, 1.54) is 42.8 Å². The fourth-order valence-electron chi connectivity index (χ4n) is 6.84. The number of rotatable bonds is 2. The average Bonchev–Trinajstić information content (AvgIpc) is 3.21. The number of fused-ring (bicyclic) bond motifs is 6. The molecule has 0 atom stereocenters. The fourth-order valence-corrected chi connectivity index (χ4v) is 9.69. The molecule has 5 heterocycles. The minimum atomic E-state index is -1.95. The first-order valence-corrected chi connectivity index (χ1v) is 20.0. The molecule has 0 N–H and O–H groups in total. The number of aromatic nitrogens is 4. The maximum atomic E-state index is 4.79. The Bertz CT molecular complexity index is 2450. The number of benzene rings is 5. The van der Waals surface area contributed by atoms with E-state index in [1.807, 2.05) is 103 Å². The molecule has 4 nitrogen and oxygen atoms in total. The fraction of sp³-hybridized carbons (Fsp3) is 0.0435. The monoisotopic (exact) mass is 862 g/mol. The normalized spacial score (nSPS) is 12.0. The van der Waals surface area contributed by atoms with E-state index < -0.39 is 8.07 Å². The predicted octanol–water partition coefficient (Wildman–Crippen LogP) is 9.63. The van der Waals surface area contributed by atoms with Crippen LogP contribution in [0.15, 0.2) is 164 Å². The van der Waals surface area contributed by atoms with Crippen molar-refractivity contribution >= 4 is 50.9 Å². The third kappa shape index (κ3) is 6.72. The van der Waals surface area contributed by atoms with Crippen molar-refractivity contribution in [2.24, 2.45) is 0 Å². The molecule has 5 aromatic carbocycles. The van der Waals surface area contributed by atoms with Crippen LogP contribution in [0.1, 0.15) is 0 Å². The van der Waals surface area contributed by atoms with Crippen LogP contribution >= 0.6 is 0 Å². The zero-order chi connectivity index (χ0) is 34.6. The van der Waals surface area contributed by atoms with Gasteiger partial charge in [0.1, 0.15) is 0 Å². The van der Waals surface area contributed by atoms with Crippen LogP contribution in [0.5, 0.6) is 0 Å². The van der Waals surface area contributed by atoms with Crippen molar-refractivity contribution in [2.45, 2.75) is 13.1 Å². The second kappa shape index (κ2) is 15.3. The van der Waals surface area contributed by atoms with Gasteiger partial charge in [-0.05, 0) is 72.9 Å². The minimum absolute atomic E-state index is 0. The maximum Gasteiger partial charge on any atom is 3.00 e. The molecule has 250 valence electrons. The molecule has 0 amide bonds. The van der Waals surface area contributed by atoms with Crippen LogP contribution in [0.4, 0.5) is 0 Å². The summed E-state index contributed by atoms with van der Waals surface area (Å²) >= 11 is 0. The topological polar surface area (TPSA) is 51.6 Å². The first-order valence-electron chi connectivity index (χ1n) is 17.0. The van der Waals surface area contributed by atoms with Crippen LogP contribution < -0.4 is 10.5 Å². The Morgan fingerprint density at radius 2 is 1.13 bits per heavy atom. The molecule has 0 bridgehead atoms. The summed E-state index contributed by atoms with van der Waals surface area (Å²) in [7, 11) is -1.95. The Hall–Kier alpha value is -5.65. The zero-order valence-corrected chi connectivity index (χ0v) is 32.1. The van der Waals surface area contributed by atoms with Gasteiger partial charge in [-0.1, -0.05) is 91.2 Å². The van der Waals surface area contributed by atoms with Crippen molar-refractivity contribution in [3.05, 3.63) is 183 Å². The molecule has 0 saturated heterocycles. The van der Waals surface area contributed by atoms with Gasteiger partial charge >= 0.3 is 20.1 Å². The van der Waals surface area contributed by atoms with Gasteiger partial charge in [-0.2, -0.15) is 0 Å². The largest absolute Gasteiger partial charge is 3.00 e. The Morgan fingerprint density at radius 1 is 0.481 bits per heavy atom. The molecular formula is C46H33IrN4Si. The van der Waals surface area contributed by atoms with Crippen LogP contribution in [0, 0.1) is 18.2 Å². The molecule has 6 heteroatoms. The molecule has 0 aliphatic carbocycles. The van der Waals surface area contributed by atoms with Gasteiger partial charge in [0.05, 0.1) is 8.07 Å². The first kappa shape index (κ1) is 34.8. The van der Waals surface area contributed by atoms with E-state index in [4.69, 9.17) is 9.97 Å². The van der Waals surface area contributed by atoms with Crippen molar-refractivity contribution in [1.29, 1.82) is 0 Å². The smallest absolute Gasteiger partial charge is 0.359 e. The molecule has 1 aliphatic rings. The van der Waals surface area contributed by atoms with E-state index in [-0.39, 0.29) is 20.1 Å². The molecule has 10 rings (SSSR count). The first-order chi connectivity index (χ1) is 25.1. The molecule has 9 aromatic rings. The maximum absolute atomic E-state index is 4.79. The second-order valence-electron chi connectivity index (χ2n) is 12.8. The summed E-state index contributed by atoms with van der Waals surface area (Å²) < 4.78 is 0. The van der Waals surface area contributed by atoms with Crippen molar-refractivity contribution in [1.82, 2.24) is 19.9 Å². The van der Waals surface area contributed by atoms with Crippen LogP contribution in [0.25, 0.3) is 66.1 Å². The van der Waals surface area contributed by atoms with E-state index in [2.05, 4.69) is 89.8 Å².